The molecule has 3 rings (SSSR count). The zero-order valence-corrected chi connectivity index (χ0v) is 14.3. The van der Waals surface area contributed by atoms with E-state index in [4.69, 9.17) is 0 Å². The minimum Gasteiger partial charge on any atom is -0.343 e. The van der Waals surface area contributed by atoms with Crippen LogP contribution < -0.4 is 5.32 Å². The molecule has 0 fully saturated rings. The molecule has 0 aliphatic carbocycles. The molecule has 2 aromatic heterocycles. The second kappa shape index (κ2) is 6.78. The van der Waals surface area contributed by atoms with Crippen LogP contribution in [0.2, 0.25) is 0 Å². The van der Waals surface area contributed by atoms with Crippen molar-refractivity contribution in [1.29, 1.82) is 0 Å². The van der Waals surface area contributed by atoms with Crippen LogP contribution in [0, 0.1) is 13.8 Å². The Morgan fingerprint density at radius 1 is 1.19 bits per heavy atom. The molecule has 0 radical (unpaired) electrons. The number of carbonyl (C=O) groups excluding carboxylic acids is 1. The minimum atomic E-state index is -4.47. The van der Waals surface area contributed by atoms with Gasteiger partial charge >= 0.3 is 6.18 Å². The maximum Gasteiger partial charge on any atom is 0.405 e. The third-order valence-corrected chi connectivity index (χ3v) is 4.13. The lowest BCUT2D eigenvalue weighted by Gasteiger charge is -2.12. The van der Waals surface area contributed by atoms with Gasteiger partial charge in [0, 0.05) is 17.8 Å². The Morgan fingerprint density at radius 3 is 2.54 bits per heavy atom. The van der Waals surface area contributed by atoms with E-state index >= 15 is 0 Å². The van der Waals surface area contributed by atoms with E-state index in [-0.39, 0.29) is 11.2 Å². The maximum atomic E-state index is 12.3. The minimum absolute atomic E-state index is 0.0201. The first kappa shape index (κ1) is 17.9. The van der Waals surface area contributed by atoms with Gasteiger partial charge in [-0.1, -0.05) is 30.3 Å². The summed E-state index contributed by atoms with van der Waals surface area (Å²) in [4.78, 5) is 16.5. The molecule has 0 bridgehead atoms. The molecular weight excluding hydrogens is 345 g/mol. The molecule has 0 spiro atoms. The summed E-state index contributed by atoms with van der Waals surface area (Å²) in [5.41, 5.74) is 3.85. The van der Waals surface area contributed by atoms with E-state index in [1.165, 1.54) is 10.7 Å². The van der Waals surface area contributed by atoms with E-state index in [2.05, 4.69) is 10.1 Å². The van der Waals surface area contributed by atoms with Gasteiger partial charge in [0.25, 0.3) is 5.91 Å². The third kappa shape index (κ3) is 3.68. The molecule has 0 aliphatic rings. The second-order valence-corrected chi connectivity index (χ2v) is 6.02. The van der Waals surface area contributed by atoms with Gasteiger partial charge in [-0.05, 0) is 25.0 Å². The van der Waals surface area contributed by atoms with Gasteiger partial charge in [-0.25, -0.2) is 9.50 Å². The van der Waals surface area contributed by atoms with Crippen molar-refractivity contribution >= 4 is 11.6 Å². The van der Waals surface area contributed by atoms with Crippen molar-refractivity contribution in [1.82, 2.24) is 19.9 Å². The molecular formula is C18H17F3N4O. The first-order chi connectivity index (χ1) is 12.3. The zero-order chi connectivity index (χ0) is 18.9. The van der Waals surface area contributed by atoms with Gasteiger partial charge in [-0.3, -0.25) is 4.79 Å². The highest BCUT2D eigenvalue weighted by Gasteiger charge is 2.29. The van der Waals surface area contributed by atoms with E-state index in [9.17, 15) is 18.0 Å². The van der Waals surface area contributed by atoms with Gasteiger partial charge in [-0.2, -0.15) is 18.3 Å². The van der Waals surface area contributed by atoms with E-state index in [0.717, 1.165) is 16.8 Å². The lowest BCUT2D eigenvalue weighted by Crippen LogP contribution is -2.33. The molecule has 1 amide bonds. The van der Waals surface area contributed by atoms with E-state index in [1.807, 2.05) is 49.5 Å². The van der Waals surface area contributed by atoms with Crippen LogP contribution in [0.5, 0.6) is 0 Å². The second-order valence-electron chi connectivity index (χ2n) is 6.02. The lowest BCUT2D eigenvalue weighted by molar-refractivity contribution is -0.123. The summed E-state index contributed by atoms with van der Waals surface area (Å²) in [5, 5.41) is 5.99. The summed E-state index contributed by atoms with van der Waals surface area (Å²) in [7, 11) is 0. The van der Waals surface area contributed by atoms with Crippen molar-refractivity contribution in [2.45, 2.75) is 26.4 Å². The summed E-state index contributed by atoms with van der Waals surface area (Å²) in [6, 6.07) is 9.83. The number of halogens is 3. The molecule has 0 aliphatic heterocycles. The van der Waals surface area contributed by atoms with Crippen LogP contribution in [0.15, 0.2) is 36.5 Å². The molecule has 26 heavy (non-hydrogen) atoms. The molecule has 0 saturated carbocycles. The Labute approximate surface area is 147 Å². The first-order valence-electron chi connectivity index (χ1n) is 7.99. The number of rotatable bonds is 4. The van der Waals surface area contributed by atoms with Gasteiger partial charge < -0.3 is 5.32 Å². The fourth-order valence-corrected chi connectivity index (χ4v) is 2.80. The summed E-state index contributed by atoms with van der Waals surface area (Å²) in [6.45, 7) is 2.27. The highest BCUT2D eigenvalue weighted by atomic mass is 19.4. The van der Waals surface area contributed by atoms with Gasteiger partial charge in [-0.15, -0.1) is 0 Å². The Balaban J connectivity index is 1.95. The predicted octanol–water partition coefficient (Wildman–Crippen LogP) is 3.23. The first-order valence-corrected chi connectivity index (χ1v) is 7.99. The Bertz CT molecular complexity index is 948. The number of aromatic nitrogens is 3. The number of amides is 1. The number of hydrogen-bond donors (Lipinski definition) is 1. The van der Waals surface area contributed by atoms with Crippen molar-refractivity contribution in [3.8, 4) is 0 Å². The number of alkyl halides is 3. The Morgan fingerprint density at radius 2 is 1.88 bits per heavy atom. The molecule has 3 aromatic rings. The zero-order valence-electron chi connectivity index (χ0n) is 14.3. The van der Waals surface area contributed by atoms with E-state index in [1.54, 1.807) is 0 Å². The maximum absolute atomic E-state index is 12.3. The van der Waals surface area contributed by atoms with Gasteiger partial charge in [0.1, 0.15) is 12.1 Å². The fourth-order valence-electron chi connectivity index (χ4n) is 2.80. The number of nitrogens with one attached hydrogen (secondary N) is 1. The quantitative estimate of drug-likeness (QED) is 0.775. The third-order valence-electron chi connectivity index (χ3n) is 4.13. The summed E-state index contributed by atoms with van der Waals surface area (Å²) in [5.74, 6) is -0.848. The van der Waals surface area contributed by atoms with Crippen LogP contribution >= 0.6 is 0 Å². The Kier molecular flexibility index (Phi) is 4.67. The molecule has 5 nitrogen and oxygen atoms in total. The van der Waals surface area contributed by atoms with E-state index < -0.39 is 18.6 Å². The van der Waals surface area contributed by atoms with Crippen molar-refractivity contribution in [3.63, 3.8) is 0 Å². The standard InChI is InChI=1S/C18H17F3N4O/c1-11-14(8-13-6-4-3-5-7-13)12(2)25-16(24-11)15(9-23-25)17(26)22-10-18(19,20)21/h3-7,9H,8,10H2,1-2H3,(H,22,26). The smallest absolute Gasteiger partial charge is 0.343 e. The largest absolute Gasteiger partial charge is 0.405 e. The topological polar surface area (TPSA) is 59.3 Å². The lowest BCUT2D eigenvalue weighted by atomic mass is 10.0. The average Bonchev–Trinajstić information content (AvgIpc) is 3.00. The highest BCUT2D eigenvalue weighted by Crippen LogP contribution is 2.20. The normalized spacial score (nSPS) is 11.7. The number of fused-ring (bicyclic) bond motifs is 1. The van der Waals surface area contributed by atoms with Crippen molar-refractivity contribution in [3.05, 3.63) is 64.6 Å². The molecule has 0 saturated heterocycles. The molecule has 1 N–H and O–H groups in total. The van der Waals surface area contributed by atoms with Gasteiger partial charge in [0.15, 0.2) is 5.65 Å². The number of hydrogen-bond acceptors (Lipinski definition) is 3. The molecule has 0 unspecified atom stereocenters. The molecule has 1 aromatic carbocycles. The van der Waals surface area contributed by atoms with Crippen LogP contribution in [-0.2, 0) is 6.42 Å². The summed E-state index contributed by atoms with van der Waals surface area (Å²) >= 11 is 0. The highest BCUT2D eigenvalue weighted by molar-refractivity contribution is 5.99. The average molecular weight is 362 g/mol. The molecule has 0 atom stereocenters. The predicted molar refractivity (Wildman–Crippen MR) is 90.1 cm³/mol. The van der Waals surface area contributed by atoms with Crippen molar-refractivity contribution < 1.29 is 18.0 Å². The van der Waals surface area contributed by atoms with Crippen molar-refractivity contribution in [2.75, 3.05) is 6.54 Å². The summed E-state index contributed by atoms with van der Waals surface area (Å²) < 4.78 is 38.4. The monoisotopic (exact) mass is 362 g/mol. The van der Waals surface area contributed by atoms with E-state index in [0.29, 0.717) is 12.1 Å². The van der Waals surface area contributed by atoms with Crippen LogP contribution in [0.3, 0.4) is 0 Å². The van der Waals surface area contributed by atoms with Crippen molar-refractivity contribution in [2.24, 2.45) is 0 Å². The van der Waals surface area contributed by atoms with Crippen LogP contribution in [0.4, 0.5) is 13.2 Å². The van der Waals surface area contributed by atoms with Crippen LogP contribution in [0.25, 0.3) is 5.65 Å². The fraction of sp³-hybridized carbons (Fsp3) is 0.278. The summed E-state index contributed by atoms with van der Waals surface area (Å²) in [6.07, 6.45) is -2.58. The van der Waals surface area contributed by atoms with Crippen LogP contribution in [-0.4, -0.2) is 33.2 Å². The number of aryl methyl sites for hydroxylation is 2. The van der Waals surface area contributed by atoms with Gasteiger partial charge in [0.05, 0.1) is 6.20 Å². The number of nitrogens with zero attached hydrogens (tertiary/aromatic N) is 3. The number of carbonyl (C=O) groups is 1. The van der Waals surface area contributed by atoms with Gasteiger partial charge in [0.2, 0.25) is 0 Å². The molecule has 8 heteroatoms. The van der Waals surface area contributed by atoms with Crippen LogP contribution in [0.1, 0.15) is 32.9 Å². The SMILES string of the molecule is Cc1nc2c(C(=O)NCC(F)(F)F)cnn2c(C)c1Cc1ccccc1. The molecule has 136 valence electrons. The molecule has 2 heterocycles. The number of benzene rings is 1. The Hall–Kier alpha value is -2.90.